The molecule has 0 saturated heterocycles. The van der Waals surface area contributed by atoms with Gasteiger partial charge in [0.1, 0.15) is 12.2 Å². The normalized spacial score (nSPS) is 10.6. The van der Waals surface area contributed by atoms with Gasteiger partial charge in [-0.3, -0.25) is 10.1 Å². The Kier molecular flexibility index (Phi) is 4.19. The van der Waals surface area contributed by atoms with Crippen molar-refractivity contribution >= 4 is 5.69 Å². The molecule has 7 nitrogen and oxygen atoms in total. The number of rotatable bonds is 6. The molecule has 2 rings (SSSR count). The summed E-state index contributed by atoms with van der Waals surface area (Å²) in [5.74, 6) is 0.855. The van der Waals surface area contributed by atoms with Gasteiger partial charge in [-0.25, -0.2) is 9.67 Å². The van der Waals surface area contributed by atoms with Crippen molar-refractivity contribution in [2.24, 2.45) is 0 Å². The van der Waals surface area contributed by atoms with Crippen molar-refractivity contribution in [1.29, 1.82) is 0 Å². The molecule has 0 atom stereocenters. The van der Waals surface area contributed by atoms with Crippen LogP contribution in [-0.4, -0.2) is 19.7 Å². The molecule has 0 bridgehead atoms. The lowest BCUT2D eigenvalue weighted by Gasteiger charge is -2.05. The van der Waals surface area contributed by atoms with Crippen LogP contribution in [0.5, 0.6) is 0 Å². The Bertz CT molecular complexity index is 567. The van der Waals surface area contributed by atoms with Crippen molar-refractivity contribution in [2.75, 3.05) is 0 Å². The number of hydrogen-bond donors (Lipinski definition) is 1. The largest absolute Gasteiger partial charge is 0.306 e. The summed E-state index contributed by atoms with van der Waals surface area (Å²) in [4.78, 5) is 14.4. The zero-order valence-corrected chi connectivity index (χ0v) is 10.6. The van der Waals surface area contributed by atoms with E-state index in [-0.39, 0.29) is 5.69 Å². The van der Waals surface area contributed by atoms with Crippen LogP contribution in [-0.2, 0) is 19.6 Å². The first-order valence-corrected chi connectivity index (χ1v) is 6.01. The van der Waals surface area contributed by atoms with E-state index in [0.717, 1.165) is 17.9 Å². The molecule has 0 radical (unpaired) electrons. The van der Waals surface area contributed by atoms with Gasteiger partial charge in [-0.05, 0) is 12.5 Å². The predicted octanol–water partition coefficient (Wildman–Crippen LogP) is 1.50. The van der Waals surface area contributed by atoms with Gasteiger partial charge < -0.3 is 5.32 Å². The molecule has 1 N–H and O–H groups in total. The maximum Gasteiger partial charge on any atom is 0.269 e. The molecule has 0 amide bonds. The number of nitro benzene ring substituents is 1. The fraction of sp³-hybridized carbons (Fsp3) is 0.333. The topological polar surface area (TPSA) is 85.9 Å². The zero-order chi connectivity index (χ0) is 13.7. The average Bonchev–Trinajstić information content (AvgIpc) is 2.86. The fourth-order valence-corrected chi connectivity index (χ4v) is 1.79. The van der Waals surface area contributed by atoms with Crippen LogP contribution in [0.15, 0.2) is 30.6 Å². The van der Waals surface area contributed by atoms with Crippen molar-refractivity contribution in [3.05, 3.63) is 52.1 Å². The van der Waals surface area contributed by atoms with E-state index in [4.69, 9.17) is 0 Å². The fourth-order valence-electron chi connectivity index (χ4n) is 1.79. The lowest BCUT2D eigenvalue weighted by Crippen LogP contribution is -2.17. The predicted molar refractivity (Wildman–Crippen MR) is 69.3 cm³/mol. The van der Waals surface area contributed by atoms with E-state index in [2.05, 4.69) is 15.4 Å². The summed E-state index contributed by atoms with van der Waals surface area (Å²) in [6.07, 6.45) is 1.52. The minimum Gasteiger partial charge on any atom is -0.306 e. The van der Waals surface area contributed by atoms with Crippen LogP contribution in [0.1, 0.15) is 18.3 Å². The smallest absolute Gasteiger partial charge is 0.269 e. The average molecular weight is 261 g/mol. The zero-order valence-electron chi connectivity index (χ0n) is 10.6. The minimum absolute atomic E-state index is 0.107. The lowest BCUT2D eigenvalue weighted by molar-refractivity contribution is -0.384. The number of nitrogens with one attached hydrogen (secondary N) is 1. The number of non-ortho nitro benzene ring substituents is 1. The summed E-state index contributed by atoms with van der Waals surface area (Å²) in [5.41, 5.74) is 0.979. The number of benzene rings is 1. The van der Waals surface area contributed by atoms with E-state index in [1.807, 2.05) is 13.0 Å². The number of aromatic nitrogens is 3. The maximum atomic E-state index is 10.7. The summed E-state index contributed by atoms with van der Waals surface area (Å²) in [7, 11) is 0. The Morgan fingerprint density at radius 3 is 3.00 bits per heavy atom. The number of nitro groups is 1. The van der Waals surface area contributed by atoms with E-state index < -0.39 is 4.92 Å². The second kappa shape index (κ2) is 6.05. The SMILES string of the molecule is CCn1ncnc1CNCc1cccc([N+](=O)[O-])c1. The van der Waals surface area contributed by atoms with E-state index >= 15 is 0 Å². The van der Waals surface area contributed by atoms with Gasteiger partial charge in [0.25, 0.3) is 5.69 Å². The van der Waals surface area contributed by atoms with Crippen LogP contribution in [0.25, 0.3) is 0 Å². The van der Waals surface area contributed by atoms with E-state index in [1.165, 1.54) is 12.4 Å². The molecule has 0 aliphatic carbocycles. The highest BCUT2D eigenvalue weighted by molar-refractivity contribution is 5.34. The number of aryl methyl sites for hydroxylation is 1. The molecule has 0 unspecified atom stereocenters. The quantitative estimate of drug-likeness (QED) is 0.629. The molecule has 0 aliphatic rings. The second-order valence-electron chi connectivity index (χ2n) is 4.02. The van der Waals surface area contributed by atoms with Gasteiger partial charge in [0.2, 0.25) is 0 Å². The molecule has 19 heavy (non-hydrogen) atoms. The molecule has 0 spiro atoms. The summed E-state index contributed by atoms with van der Waals surface area (Å²) < 4.78 is 1.81. The highest BCUT2D eigenvalue weighted by Gasteiger charge is 2.06. The molecular formula is C12H15N5O2. The highest BCUT2D eigenvalue weighted by atomic mass is 16.6. The maximum absolute atomic E-state index is 10.7. The van der Waals surface area contributed by atoms with Crippen LogP contribution in [0, 0.1) is 10.1 Å². The minimum atomic E-state index is -0.392. The van der Waals surface area contributed by atoms with Gasteiger partial charge in [0, 0.05) is 25.2 Å². The van der Waals surface area contributed by atoms with Crippen molar-refractivity contribution in [3.63, 3.8) is 0 Å². The molecule has 1 aromatic heterocycles. The van der Waals surface area contributed by atoms with E-state index in [9.17, 15) is 10.1 Å². The molecule has 7 heteroatoms. The summed E-state index contributed by atoms with van der Waals surface area (Å²) in [5, 5.41) is 17.9. The van der Waals surface area contributed by atoms with Crippen molar-refractivity contribution in [3.8, 4) is 0 Å². The lowest BCUT2D eigenvalue weighted by atomic mass is 10.2. The van der Waals surface area contributed by atoms with Gasteiger partial charge in [-0.15, -0.1) is 0 Å². The van der Waals surface area contributed by atoms with E-state index in [1.54, 1.807) is 16.8 Å². The van der Waals surface area contributed by atoms with Gasteiger partial charge in [0.15, 0.2) is 0 Å². The third-order valence-corrected chi connectivity index (χ3v) is 2.73. The van der Waals surface area contributed by atoms with Crippen molar-refractivity contribution < 1.29 is 4.92 Å². The van der Waals surface area contributed by atoms with Gasteiger partial charge in [-0.1, -0.05) is 12.1 Å². The Labute approximate surface area is 110 Å². The first kappa shape index (κ1) is 13.2. The number of hydrogen-bond acceptors (Lipinski definition) is 5. The summed E-state index contributed by atoms with van der Waals surface area (Å²) in [6, 6.07) is 6.59. The molecule has 0 fully saturated rings. The highest BCUT2D eigenvalue weighted by Crippen LogP contribution is 2.12. The van der Waals surface area contributed by atoms with Crippen LogP contribution in [0.2, 0.25) is 0 Å². The number of nitrogens with zero attached hydrogens (tertiary/aromatic N) is 4. The molecular weight excluding hydrogens is 246 g/mol. The van der Waals surface area contributed by atoms with Gasteiger partial charge >= 0.3 is 0 Å². The molecule has 0 aliphatic heterocycles. The summed E-state index contributed by atoms with van der Waals surface area (Å²) in [6.45, 7) is 3.90. The van der Waals surface area contributed by atoms with Crippen molar-refractivity contribution in [2.45, 2.75) is 26.6 Å². The molecule has 2 aromatic rings. The third kappa shape index (κ3) is 3.35. The van der Waals surface area contributed by atoms with E-state index in [0.29, 0.717) is 13.1 Å². The van der Waals surface area contributed by atoms with Crippen LogP contribution in [0.4, 0.5) is 5.69 Å². The molecule has 1 heterocycles. The van der Waals surface area contributed by atoms with Gasteiger partial charge in [-0.2, -0.15) is 5.10 Å². The van der Waals surface area contributed by atoms with Gasteiger partial charge in [0.05, 0.1) is 11.5 Å². The Morgan fingerprint density at radius 2 is 2.26 bits per heavy atom. The standard InChI is InChI=1S/C12H15N5O2/c1-2-16-12(14-9-15-16)8-13-7-10-4-3-5-11(6-10)17(18)19/h3-6,9,13H,2,7-8H2,1H3. The first-order valence-electron chi connectivity index (χ1n) is 6.01. The summed E-state index contributed by atoms with van der Waals surface area (Å²) >= 11 is 0. The van der Waals surface area contributed by atoms with Crippen LogP contribution in [0.3, 0.4) is 0 Å². The van der Waals surface area contributed by atoms with Crippen LogP contribution < -0.4 is 5.32 Å². The Hall–Kier alpha value is -2.28. The van der Waals surface area contributed by atoms with Crippen molar-refractivity contribution in [1.82, 2.24) is 20.1 Å². The Balaban J connectivity index is 1.92. The Morgan fingerprint density at radius 1 is 1.42 bits per heavy atom. The first-order chi connectivity index (χ1) is 9.20. The second-order valence-corrected chi connectivity index (χ2v) is 4.02. The molecule has 0 saturated carbocycles. The molecule has 100 valence electrons. The van der Waals surface area contributed by atoms with Crippen LogP contribution >= 0.6 is 0 Å². The third-order valence-electron chi connectivity index (χ3n) is 2.73. The monoisotopic (exact) mass is 261 g/mol. The molecule has 1 aromatic carbocycles.